The minimum absolute atomic E-state index is 0.191. The average molecular weight is 461 g/mol. The summed E-state index contributed by atoms with van der Waals surface area (Å²) in [5, 5.41) is 4.84. The molecule has 2 aliphatic heterocycles. The third-order valence-electron chi connectivity index (χ3n) is 5.56. The maximum absolute atomic E-state index is 12.9. The van der Waals surface area contributed by atoms with E-state index < -0.39 is 11.6 Å². The first-order valence-electron chi connectivity index (χ1n) is 11.2. The lowest BCUT2D eigenvalue weighted by Crippen LogP contribution is -2.36. The Hall–Kier alpha value is -2.38. The van der Waals surface area contributed by atoms with Gasteiger partial charge in [-0.1, -0.05) is 37.6 Å². The molecule has 174 valence electrons. The second kappa shape index (κ2) is 10.0. The Morgan fingerprint density at radius 2 is 1.66 bits per heavy atom. The van der Waals surface area contributed by atoms with Gasteiger partial charge in [-0.15, -0.1) is 0 Å². The number of halogens is 1. The summed E-state index contributed by atoms with van der Waals surface area (Å²) in [6.45, 7) is 13.7. The molecule has 0 N–H and O–H groups in total. The van der Waals surface area contributed by atoms with Crippen molar-refractivity contribution in [2.45, 2.75) is 46.8 Å². The number of carbonyl (C=O) groups is 2. The van der Waals surface area contributed by atoms with Gasteiger partial charge in [-0.05, 0) is 50.3 Å². The zero-order valence-electron chi connectivity index (χ0n) is 19.5. The van der Waals surface area contributed by atoms with Gasteiger partial charge in [-0.3, -0.25) is 4.90 Å². The zero-order chi connectivity index (χ0) is 23.5. The number of amides is 1. The number of benzene rings is 1. The number of likely N-dealkylation sites (tertiary alicyclic amines) is 2. The van der Waals surface area contributed by atoms with Crippen LogP contribution in [0.1, 0.15) is 50.5 Å². The van der Waals surface area contributed by atoms with Crippen LogP contribution in [0.25, 0.3) is 0 Å². The van der Waals surface area contributed by atoms with Gasteiger partial charge in [-0.25, -0.2) is 9.59 Å². The van der Waals surface area contributed by atoms with Crippen molar-refractivity contribution in [2.75, 3.05) is 26.2 Å². The highest BCUT2D eigenvalue weighted by atomic mass is 35.5. The van der Waals surface area contributed by atoms with E-state index in [-0.39, 0.29) is 11.6 Å². The number of hydrogen-bond donors (Lipinski definition) is 0. The third kappa shape index (κ3) is 5.90. The maximum Gasteiger partial charge on any atom is 0.344 e. The first-order chi connectivity index (χ1) is 15.2. The van der Waals surface area contributed by atoms with Crippen molar-refractivity contribution in [3.05, 3.63) is 52.8 Å². The summed E-state index contributed by atoms with van der Waals surface area (Å²) in [6.07, 6.45) is 2.84. The molecular weight excluding hydrogens is 428 g/mol. The molecule has 2 unspecified atom stereocenters. The predicted molar refractivity (Wildman–Crippen MR) is 125 cm³/mol. The summed E-state index contributed by atoms with van der Waals surface area (Å²) in [7, 11) is 0. The molecule has 0 radical (unpaired) electrons. The van der Waals surface area contributed by atoms with Crippen LogP contribution in [-0.4, -0.2) is 63.4 Å². The molecular formula is C24H33ClN4O3. The molecule has 0 bridgehead atoms. The normalized spacial score (nSPS) is 20.5. The monoisotopic (exact) mass is 460 g/mol. The van der Waals surface area contributed by atoms with Gasteiger partial charge in [0.1, 0.15) is 5.60 Å². The highest BCUT2D eigenvalue weighted by Crippen LogP contribution is 2.32. The second-order valence-corrected chi connectivity index (χ2v) is 9.64. The SMILES string of the molecule is CC.CC(C)(C)OC(=O)c1cnn(C(=O)N2CC3CN(Cc4ccc(Cl)cc4)CC3C2)c1. The fraction of sp³-hybridized carbons (Fsp3) is 0.542. The van der Waals surface area contributed by atoms with Gasteiger partial charge in [-0.2, -0.15) is 9.78 Å². The number of carbonyl (C=O) groups excluding carboxylic acids is 2. The van der Waals surface area contributed by atoms with Crippen LogP contribution < -0.4 is 0 Å². The largest absolute Gasteiger partial charge is 0.456 e. The van der Waals surface area contributed by atoms with E-state index in [4.69, 9.17) is 16.3 Å². The van der Waals surface area contributed by atoms with E-state index in [0.29, 0.717) is 24.9 Å². The van der Waals surface area contributed by atoms with Crippen molar-refractivity contribution < 1.29 is 14.3 Å². The summed E-state index contributed by atoms with van der Waals surface area (Å²) in [4.78, 5) is 29.3. The van der Waals surface area contributed by atoms with E-state index in [0.717, 1.165) is 24.7 Å². The lowest BCUT2D eigenvalue weighted by molar-refractivity contribution is 0.00695. The van der Waals surface area contributed by atoms with E-state index in [2.05, 4.69) is 22.1 Å². The van der Waals surface area contributed by atoms with Gasteiger partial charge in [0.15, 0.2) is 0 Å². The molecule has 2 fully saturated rings. The molecule has 0 aliphatic carbocycles. The van der Waals surface area contributed by atoms with Crippen LogP contribution in [0.5, 0.6) is 0 Å². The highest BCUT2D eigenvalue weighted by molar-refractivity contribution is 6.30. The fourth-order valence-electron chi connectivity index (χ4n) is 4.24. The molecule has 32 heavy (non-hydrogen) atoms. The molecule has 0 spiro atoms. The molecule has 2 atom stereocenters. The number of fused-ring (bicyclic) bond motifs is 1. The smallest absolute Gasteiger partial charge is 0.344 e. The van der Waals surface area contributed by atoms with Gasteiger partial charge >= 0.3 is 12.0 Å². The van der Waals surface area contributed by atoms with Crippen molar-refractivity contribution in [3.8, 4) is 0 Å². The Balaban J connectivity index is 0.00000141. The van der Waals surface area contributed by atoms with E-state index in [9.17, 15) is 9.59 Å². The summed E-state index contributed by atoms with van der Waals surface area (Å²) >= 11 is 5.97. The topological polar surface area (TPSA) is 67.7 Å². The molecule has 0 saturated carbocycles. The Kier molecular flexibility index (Phi) is 7.62. The van der Waals surface area contributed by atoms with Crippen LogP contribution >= 0.6 is 11.6 Å². The quantitative estimate of drug-likeness (QED) is 0.628. The lowest BCUT2D eigenvalue weighted by Gasteiger charge is -2.21. The Morgan fingerprint density at radius 3 is 2.22 bits per heavy atom. The number of nitrogens with zero attached hydrogens (tertiary/aromatic N) is 4. The van der Waals surface area contributed by atoms with Crippen LogP contribution in [0.15, 0.2) is 36.7 Å². The van der Waals surface area contributed by atoms with Gasteiger partial charge in [0.2, 0.25) is 0 Å². The molecule has 1 aromatic heterocycles. The molecule has 2 aromatic rings. The minimum Gasteiger partial charge on any atom is -0.456 e. The first-order valence-corrected chi connectivity index (χ1v) is 11.6. The van der Waals surface area contributed by atoms with Crippen LogP contribution in [0.4, 0.5) is 4.79 Å². The Labute approximate surface area is 195 Å². The van der Waals surface area contributed by atoms with Crippen molar-refractivity contribution in [3.63, 3.8) is 0 Å². The Morgan fingerprint density at radius 1 is 1.06 bits per heavy atom. The van der Waals surface area contributed by atoms with Crippen LogP contribution in [0.3, 0.4) is 0 Å². The molecule has 2 saturated heterocycles. The summed E-state index contributed by atoms with van der Waals surface area (Å²) in [6, 6.07) is 7.77. The van der Waals surface area contributed by atoms with E-state index >= 15 is 0 Å². The summed E-state index contributed by atoms with van der Waals surface area (Å²) in [5.41, 5.74) is 0.943. The van der Waals surface area contributed by atoms with E-state index in [1.54, 1.807) is 20.8 Å². The number of esters is 1. The van der Waals surface area contributed by atoms with Crippen molar-refractivity contribution in [1.82, 2.24) is 19.6 Å². The summed E-state index contributed by atoms with van der Waals surface area (Å²) < 4.78 is 6.58. The maximum atomic E-state index is 12.9. The minimum atomic E-state index is -0.590. The lowest BCUT2D eigenvalue weighted by atomic mass is 10.0. The van der Waals surface area contributed by atoms with Crippen molar-refractivity contribution >= 4 is 23.6 Å². The molecule has 1 aromatic carbocycles. The van der Waals surface area contributed by atoms with E-state index in [1.165, 1.54) is 22.6 Å². The summed E-state index contributed by atoms with van der Waals surface area (Å²) in [5.74, 6) is 0.446. The predicted octanol–water partition coefficient (Wildman–Crippen LogP) is 4.55. The molecule has 8 heteroatoms. The molecule has 4 rings (SSSR count). The Bertz CT molecular complexity index is 921. The molecule has 3 heterocycles. The standard InChI is InChI=1S/C22H27ClN4O3.C2H6/c1-22(2,3)30-20(28)16-8-24-27(14-16)21(29)26-12-17-10-25(11-18(17)13-26)9-15-4-6-19(23)7-5-15;1-2/h4-8,14,17-18H,9-13H2,1-3H3;1-2H3. The van der Waals surface area contributed by atoms with Crippen LogP contribution in [0, 0.1) is 11.8 Å². The van der Waals surface area contributed by atoms with Crippen LogP contribution in [-0.2, 0) is 11.3 Å². The third-order valence-corrected chi connectivity index (χ3v) is 5.82. The second-order valence-electron chi connectivity index (χ2n) is 9.20. The highest BCUT2D eigenvalue weighted by Gasteiger charge is 2.42. The van der Waals surface area contributed by atoms with Gasteiger partial charge in [0, 0.05) is 37.7 Å². The zero-order valence-corrected chi connectivity index (χ0v) is 20.3. The van der Waals surface area contributed by atoms with Gasteiger partial charge in [0.05, 0.1) is 18.0 Å². The molecule has 1 amide bonds. The van der Waals surface area contributed by atoms with Gasteiger partial charge in [0.25, 0.3) is 0 Å². The van der Waals surface area contributed by atoms with Crippen molar-refractivity contribution in [2.24, 2.45) is 11.8 Å². The van der Waals surface area contributed by atoms with Gasteiger partial charge < -0.3 is 9.64 Å². The van der Waals surface area contributed by atoms with E-state index in [1.807, 2.05) is 30.9 Å². The fourth-order valence-corrected chi connectivity index (χ4v) is 4.36. The first kappa shape index (κ1) is 24.3. The molecule has 2 aliphatic rings. The molecule has 7 nitrogen and oxygen atoms in total. The number of rotatable bonds is 3. The number of aromatic nitrogens is 2. The van der Waals surface area contributed by atoms with Crippen molar-refractivity contribution in [1.29, 1.82) is 0 Å². The number of hydrogen-bond acceptors (Lipinski definition) is 5. The number of ether oxygens (including phenoxy) is 1. The van der Waals surface area contributed by atoms with Crippen LogP contribution in [0.2, 0.25) is 5.02 Å². The average Bonchev–Trinajstić information content (AvgIpc) is 3.44.